The maximum Gasteiger partial charge on any atom is 0.153 e. The monoisotopic (exact) mass is 222 g/mol. The normalized spacial score (nSPS) is 19.9. The van der Waals surface area contributed by atoms with E-state index in [0.717, 1.165) is 30.2 Å². The zero-order valence-corrected chi connectivity index (χ0v) is 10.1. The first-order valence-electron chi connectivity index (χ1n) is 6.50. The molecule has 2 rings (SSSR count). The summed E-state index contributed by atoms with van der Waals surface area (Å²) in [6, 6.07) is 2.05. The Morgan fingerprint density at radius 1 is 1.44 bits per heavy atom. The van der Waals surface area contributed by atoms with Crippen molar-refractivity contribution in [2.24, 2.45) is 11.7 Å². The minimum Gasteiger partial charge on any atom is -0.359 e. The zero-order valence-electron chi connectivity index (χ0n) is 10.1. The van der Waals surface area contributed by atoms with Crippen molar-refractivity contribution in [2.75, 3.05) is 0 Å². The van der Waals surface area contributed by atoms with Crippen molar-refractivity contribution in [1.82, 2.24) is 5.16 Å². The average Bonchev–Trinajstić information content (AvgIpc) is 2.78. The van der Waals surface area contributed by atoms with Gasteiger partial charge >= 0.3 is 0 Å². The number of hydrogen-bond donors (Lipinski definition) is 1. The highest BCUT2D eigenvalue weighted by atomic mass is 16.5. The molecule has 3 heteroatoms. The molecule has 0 aliphatic heterocycles. The molecule has 0 bridgehead atoms. The molecule has 16 heavy (non-hydrogen) atoms. The Bertz CT molecular complexity index is 315. The molecular weight excluding hydrogens is 200 g/mol. The van der Waals surface area contributed by atoms with Gasteiger partial charge in [0.15, 0.2) is 5.76 Å². The first kappa shape index (κ1) is 11.6. The van der Waals surface area contributed by atoms with Gasteiger partial charge in [0.25, 0.3) is 0 Å². The van der Waals surface area contributed by atoms with Crippen LogP contribution in [0.4, 0.5) is 0 Å². The molecule has 1 atom stereocenters. The van der Waals surface area contributed by atoms with E-state index in [2.05, 4.69) is 12.1 Å². The summed E-state index contributed by atoms with van der Waals surface area (Å²) in [6.45, 7) is 2.06. The van der Waals surface area contributed by atoms with Gasteiger partial charge in [-0.15, -0.1) is 0 Å². The summed E-state index contributed by atoms with van der Waals surface area (Å²) in [4.78, 5) is 0. The maximum atomic E-state index is 5.91. The third kappa shape index (κ3) is 2.85. The molecule has 1 aliphatic carbocycles. The molecule has 1 aliphatic rings. The lowest BCUT2D eigenvalue weighted by molar-refractivity contribution is 0.330. The molecule has 1 heterocycles. The predicted molar refractivity (Wildman–Crippen MR) is 64.0 cm³/mol. The molecule has 1 aromatic heterocycles. The van der Waals surface area contributed by atoms with Gasteiger partial charge in [0.1, 0.15) is 0 Å². The van der Waals surface area contributed by atoms with E-state index in [1.165, 1.54) is 32.1 Å². The number of nitrogens with zero attached hydrogens (tertiary/aromatic N) is 1. The molecule has 2 N–H and O–H groups in total. The summed E-state index contributed by atoms with van der Waals surface area (Å²) in [5.41, 5.74) is 7.00. The summed E-state index contributed by atoms with van der Waals surface area (Å²) in [5.74, 6) is 1.65. The Kier molecular flexibility index (Phi) is 3.99. The smallest absolute Gasteiger partial charge is 0.153 e. The Hall–Kier alpha value is -0.830. The van der Waals surface area contributed by atoms with Crippen LogP contribution in [0, 0.1) is 5.92 Å². The largest absolute Gasteiger partial charge is 0.359 e. The second kappa shape index (κ2) is 5.48. The van der Waals surface area contributed by atoms with Crippen LogP contribution in [0.3, 0.4) is 0 Å². The SMILES string of the molecule is CCC(N)c1cc(CC2CCCCC2)no1. The average molecular weight is 222 g/mol. The van der Waals surface area contributed by atoms with E-state index in [-0.39, 0.29) is 6.04 Å². The van der Waals surface area contributed by atoms with Crippen molar-refractivity contribution in [3.63, 3.8) is 0 Å². The lowest BCUT2D eigenvalue weighted by atomic mass is 9.86. The lowest BCUT2D eigenvalue weighted by Crippen LogP contribution is -2.09. The van der Waals surface area contributed by atoms with Crippen LogP contribution in [0.5, 0.6) is 0 Å². The summed E-state index contributed by atoms with van der Waals surface area (Å²) < 4.78 is 5.28. The third-order valence-corrected chi connectivity index (χ3v) is 3.61. The van der Waals surface area contributed by atoms with Crippen LogP contribution in [0.25, 0.3) is 0 Å². The van der Waals surface area contributed by atoms with Crippen molar-refractivity contribution in [1.29, 1.82) is 0 Å². The highest BCUT2D eigenvalue weighted by Gasteiger charge is 2.17. The van der Waals surface area contributed by atoms with E-state index in [0.29, 0.717) is 0 Å². The molecule has 90 valence electrons. The molecule has 0 spiro atoms. The Labute approximate surface area is 97.4 Å². The van der Waals surface area contributed by atoms with Crippen molar-refractivity contribution >= 4 is 0 Å². The number of aromatic nitrogens is 1. The summed E-state index contributed by atoms with van der Waals surface area (Å²) in [7, 11) is 0. The minimum absolute atomic E-state index is 0.00704. The van der Waals surface area contributed by atoms with Crippen LogP contribution in [0.15, 0.2) is 10.6 Å². The molecular formula is C13H22N2O. The summed E-state index contributed by atoms with van der Waals surface area (Å²) in [6.07, 6.45) is 8.83. The minimum atomic E-state index is 0.00704. The fraction of sp³-hybridized carbons (Fsp3) is 0.769. The first-order chi connectivity index (χ1) is 7.79. The molecule has 0 amide bonds. The number of rotatable bonds is 4. The standard InChI is InChI=1S/C13H22N2O/c1-2-12(14)13-9-11(15-16-13)8-10-6-4-3-5-7-10/h9-10,12H,2-8,14H2,1H3. The fourth-order valence-corrected chi connectivity index (χ4v) is 2.49. The molecule has 1 fully saturated rings. The van der Waals surface area contributed by atoms with Crippen molar-refractivity contribution in [3.05, 3.63) is 17.5 Å². The van der Waals surface area contributed by atoms with Crippen molar-refractivity contribution in [2.45, 2.75) is 57.9 Å². The Morgan fingerprint density at radius 3 is 2.88 bits per heavy atom. The van der Waals surface area contributed by atoms with Gasteiger partial charge in [-0.05, 0) is 18.8 Å². The van der Waals surface area contributed by atoms with E-state index in [1.807, 2.05) is 6.07 Å². The first-order valence-corrected chi connectivity index (χ1v) is 6.50. The summed E-state index contributed by atoms with van der Waals surface area (Å²) >= 11 is 0. The van der Waals surface area contributed by atoms with E-state index in [4.69, 9.17) is 10.3 Å². The van der Waals surface area contributed by atoms with Gasteiger partial charge in [0, 0.05) is 6.07 Å². The highest BCUT2D eigenvalue weighted by molar-refractivity contribution is 5.09. The van der Waals surface area contributed by atoms with Crippen LogP contribution in [0.2, 0.25) is 0 Å². The molecule has 3 nitrogen and oxygen atoms in total. The second-order valence-electron chi connectivity index (χ2n) is 4.94. The second-order valence-corrected chi connectivity index (χ2v) is 4.94. The van der Waals surface area contributed by atoms with Gasteiger partial charge in [-0.3, -0.25) is 0 Å². The van der Waals surface area contributed by atoms with Crippen molar-refractivity contribution in [3.8, 4) is 0 Å². The van der Waals surface area contributed by atoms with Gasteiger partial charge in [-0.1, -0.05) is 44.2 Å². The predicted octanol–water partition coefficient (Wildman–Crippen LogP) is 3.21. The molecule has 0 saturated heterocycles. The zero-order chi connectivity index (χ0) is 11.4. The third-order valence-electron chi connectivity index (χ3n) is 3.61. The van der Waals surface area contributed by atoms with Gasteiger partial charge in [0.05, 0.1) is 11.7 Å². The van der Waals surface area contributed by atoms with Gasteiger partial charge in [-0.2, -0.15) is 0 Å². The van der Waals surface area contributed by atoms with E-state index >= 15 is 0 Å². The fourth-order valence-electron chi connectivity index (χ4n) is 2.49. The van der Waals surface area contributed by atoms with Crippen LogP contribution >= 0.6 is 0 Å². The highest BCUT2D eigenvalue weighted by Crippen LogP contribution is 2.27. The van der Waals surface area contributed by atoms with Crippen LogP contribution in [-0.4, -0.2) is 5.16 Å². The van der Waals surface area contributed by atoms with E-state index < -0.39 is 0 Å². The Balaban J connectivity index is 1.91. The molecule has 1 aromatic rings. The molecule has 1 saturated carbocycles. The van der Waals surface area contributed by atoms with Gasteiger partial charge < -0.3 is 10.3 Å². The number of hydrogen-bond acceptors (Lipinski definition) is 3. The topological polar surface area (TPSA) is 52.0 Å². The Morgan fingerprint density at radius 2 is 2.19 bits per heavy atom. The van der Waals surface area contributed by atoms with Gasteiger partial charge in [0.2, 0.25) is 0 Å². The number of nitrogens with two attached hydrogens (primary N) is 1. The maximum absolute atomic E-state index is 5.91. The van der Waals surface area contributed by atoms with Crippen molar-refractivity contribution < 1.29 is 4.52 Å². The lowest BCUT2D eigenvalue weighted by Gasteiger charge is -2.19. The van der Waals surface area contributed by atoms with Crippen LogP contribution in [-0.2, 0) is 6.42 Å². The quantitative estimate of drug-likeness (QED) is 0.851. The van der Waals surface area contributed by atoms with Crippen LogP contribution in [0.1, 0.15) is 62.9 Å². The summed E-state index contributed by atoms with van der Waals surface area (Å²) in [5, 5.41) is 4.12. The van der Waals surface area contributed by atoms with Crippen LogP contribution < -0.4 is 5.73 Å². The molecule has 0 radical (unpaired) electrons. The molecule has 1 unspecified atom stereocenters. The van der Waals surface area contributed by atoms with E-state index in [9.17, 15) is 0 Å². The van der Waals surface area contributed by atoms with Gasteiger partial charge in [-0.25, -0.2) is 0 Å². The molecule has 0 aromatic carbocycles. The van der Waals surface area contributed by atoms with E-state index in [1.54, 1.807) is 0 Å².